The van der Waals surface area contributed by atoms with Crippen molar-refractivity contribution in [1.29, 1.82) is 0 Å². The minimum Gasteiger partial charge on any atom is -0.497 e. The molecule has 0 aliphatic carbocycles. The predicted molar refractivity (Wildman–Crippen MR) is 124 cm³/mol. The maximum absolute atomic E-state index is 13.0. The average Bonchev–Trinajstić information content (AvgIpc) is 3.26. The van der Waals surface area contributed by atoms with E-state index in [2.05, 4.69) is 0 Å². The fourth-order valence-corrected chi connectivity index (χ4v) is 4.92. The van der Waals surface area contributed by atoms with Crippen LogP contribution in [0.5, 0.6) is 5.75 Å². The lowest BCUT2D eigenvalue weighted by atomic mass is 9.67. The molecule has 0 N–H and O–H groups in total. The summed E-state index contributed by atoms with van der Waals surface area (Å²) >= 11 is 0. The molecule has 168 valence electrons. The van der Waals surface area contributed by atoms with Crippen LogP contribution in [0.3, 0.4) is 0 Å². The third-order valence-electron chi connectivity index (χ3n) is 6.15. The summed E-state index contributed by atoms with van der Waals surface area (Å²) in [7, 11) is 1.63. The zero-order valence-electron chi connectivity index (χ0n) is 19.3. The maximum atomic E-state index is 13.0. The summed E-state index contributed by atoms with van der Waals surface area (Å²) in [6.45, 7) is 8.03. The van der Waals surface area contributed by atoms with Gasteiger partial charge in [0.25, 0.3) is 0 Å². The minimum atomic E-state index is -0.597. The van der Waals surface area contributed by atoms with E-state index in [0.717, 1.165) is 28.3 Å². The Hall–Kier alpha value is -3.15. The molecule has 1 amide bonds. The van der Waals surface area contributed by atoms with Gasteiger partial charge in [-0.3, -0.25) is 4.99 Å². The van der Waals surface area contributed by atoms with E-state index in [1.807, 2.05) is 69.3 Å². The van der Waals surface area contributed by atoms with Crippen molar-refractivity contribution >= 4 is 23.3 Å². The Morgan fingerprint density at radius 3 is 2.50 bits per heavy atom. The zero-order chi connectivity index (χ0) is 23.1. The first kappa shape index (κ1) is 22.1. The average molecular weight is 435 g/mol. The Morgan fingerprint density at radius 1 is 1.16 bits per heavy atom. The van der Waals surface area contributed by atoms with E-state index in [1.165, 1.54) is 0 Å². The summed E-state index contributed by atoms with van der Waals surface area (Å²) < 4.78 is 11.1. The van der Waals surface area contributed by atoms with E-state index >= 15 is 0 Å². The van der Waals surface area contributed by atoms with Crippen molar-refractivity contribution in [3.8, 4) is 5.75 Å². The molecule has 2 aromatic carbocycles. The molecule has 2 aliphatic rings. The maximum Gasteiger partial charge on any atom is 0.410 e. The van der Waals surface area contributed by atoms with Gasteiger partial charge in [0, 0.05) is 31.5 Å². The molecule has 0 radical (unpaired) electrons. The van der Waals surface area contributed by atoms with E-state index < -0.39 is 11.0 Å². The van der Waals surface area contributed by atoms with Crippen LogP contribution in [-0.2, 0) is 14.9 Å². The lowest BCUT2D eigenvalue weighted by molar-refractivity contribution is -0.118. The number of ether oxygens (including phenoxy) is 2. The standard InChI is InChI=1S/C26H30N2O4/c1-17(29)13-19-15-28(24(30)32-25(2,3)4)16-26(19)21-12-11-20(31-5)14-22(21)27-23(26)18-9-7-6-8-10-18/h6-12,14,19H,13,15-16H2,1-5H3. The molecule has 2 heterocycles. The molecule has 2 atom stereocenters. The van der Waals surface area contributed by atoms with Crippen molar-refractivity contribution < 1.29 is 19.1 Å². The first-order valence-corrected chi connectivity index (χ1v) is 10.9. The summed E-state index contributed by atoms with van der Waals surface area (Å²) in [6, 6.07) is 15.9. The third kappa shape index (κ3) is 3.90. The Morgan fingerprint density at radius 2 is 1.88 bits per heavy atom. The van der Waals surface area contributed by atoms with Crippen molar-refractivity contribution in [3.05, 3.63) is 59.7 Å². The Kier molecular flexibility index (Phi) is 5.57. The van der Waals surface area contributed by atoms with Crippen molar-refractivity contribution in [2.75, 3.05) is 20.2 Å². The smallest absolute Gasteiger partial charge is 0.410 e. The number of rotatable bonds is 4. The lowest BCUT2D eigenvalue weighted by Crippen LogP contribution is -2.43. The summed E-state index contributed by atoms with van der Waals surface area (Å²) in [4.78, 5) is 32.1. The first-order chi connectivity index (χ1) is 15.1. The molecule has 6 nitrogen and oxygen atoms in total. The number of methoxy groups -OCH3 is 1. The first-order valence-electron chi connectivity index (χ1n) is 10.9. The molecule has 2 unspecified atom stereocenters. The molecule has 1 saturated heterocycles. The normalized spacial score (nSPS) is 22.0. The summed E-state index contributed by atoms with van der Waals surface area (Å²) in [6.07, 6.45) is -0.00585. The number of amides is 1. The van der Waals surface area contributed by atoms with E-state index in [9.17, 15) is 9.59 Å². The van der Waals surface area contributed by atoms with Gasteiger partial charge in [0.15, 0.2) is 0 Å². The van der Waals surface area contributed by atoms with Crippen LogP contribution >= 0.6 is 0 Å². The van der Waals surface area contributed by atoms with Crippen LogP contribution in [0, 0.1) is 5.92 Å². The fraction of sp³-hybridized carbons (Fsp3) is 0.423. The van der Waals surface area contributed by atoms with Gasteiger partial charge in [0.05, 0.1) is 23.9 Å². The number of aliphatic imine (C=N–C) groups is 1. The number of likely N-dealkylation sites (tertiary alicyclic amines) is 1. The van der Waals surface area contributed by atoms with E-state index in [1.54, 1.807) is 18.9 Å². The monoisotopic (exact) mass is 434 g/mol. The van der Waals surface area contributed by atoms with E-state index in [4.69, 9.17) is 14.5 Å². The number of hydrogen-bond donors (Lipinski definition) is 0. The number of carbonyl (C=O) groups excluding carboxylic acids is 2. The number of hydrogen-bond acceptors (Lipinski definition) is 5. The van der Waals surface area contributed by atoms with Gasteiger partial charge in [0.1, 0.15) is 17.1 Å². The van der Waals surface area contributed by atoms with Gasteiger partial charge in [-0.25, -0.2) is 4.79 Å². The molecule has 1 fully saturated rings. The van der Waals surface area contributed by atoms with Crippen LogP contribution in [0.25, 0.3) is 0 Å². The molecular formula is C26H30N2O4. The van der Waals surface area contributed by atoms with Crippen LogP contribution in [0.4, 0.5) is 10.5 Å². The number of benzene rings is 2. The summed E-state index contributed by atoms with van der Waals surface area (Å²) in [5.41, 5.74) is 2.53. The van der Waals surface area contributed by atoms with Crippen molar-refractivity contribution in [3.63, 3.8) is 0 Å². The second-order valence-corrected chi connectivity index (χ2v) is 9.64. The van der Waals surface area contributed by atoms with Crippen molar-refractivity contribution in [2.45, 2.75) is 45.1 Å². The van der Waals surface area contributed by atoms with Gasteiger partial charge < -0.3 is 19.2 Å². The fourth-order valence-electron chi connectivity index (χ4n) is 4.92. The van der Waals surface area contributed by atoms with Crippen molar-refractivity contribution in [1.82, 2.24) is 4.90 Å². The van der Waals surface area contributed by atoms with Crippen LogP contribution in [0.15, 0.2) is 53.5 Å². The Labute approximate surface area is 189 Å². The summed E-state index contributed by atoms with van der Waals surface area (Å²) in [5.74, 6) is 0.706. The number of fused-ring (bicyclic) bond motifs is 2. The molecule has 6 heteroatoms. The van der Waals surface area contributed by atoms with Crippen LogP contribution in [0.1, 0.15) is 45.2 Å². The quantitative estimate of drug-likeness (QED) is 0.685. The Bertz CT molecular complexity index is 1070. The van der Waals surface area contributed by atoms with Gasteiger partial charge in [-0.15, -0.1) is 0 Å². The van der Waals surface area contributed by atoms with Gasteiger partial charge in [-0.05, 0) is 44.9 Å². The molecule has 32 heavy (non-hydrogen) atoms. The summed E-state index contributed by atoms with van der Waals surface area (Å²) in [5, 5.41) is 0. The highest BCUT2D eigenvalue weighted by atomic mass is 16.6. The molecule has 0 bridgehead atoms. The topological polar surface area (TPSA) is 68.2 Å². The second-order valence-electron chi connectivity index (χ2n) is 9.64. The third-order valence-corrected chi connectivity index (χ3v) is 6.15. The molecule has 1 spiro atoms. The van der Waals surface area contributed by atoms with Gasteiger partial charge in [0.2, 0.25) is 0 Å². The highest BCUT2D eigenvalue weighted by Gasteiger charge is 2.56. The molecule has 4 rings (SSSR count). The van der Waals surface area contributed by atoms with Gasteiger partial charge in [-0.1, -0.05) is 36.4 Å². The van der Waals surface area contributed by atoms with Crippen LogP contribution in [0.2, 0.25) is 0 Å². The molecule has 0 aromatic heterocycles. The highest BCUT2D eigenvalue weighted by Crippen LogP contribution is 2.52. The second kappa shape index (κ2) is 8.08. The lowest BCUT2D eigenvalue weighted by Gasteiger charge is -2.33. The SMILES string of the molecule is COc1ccc2c(c1)N=C(c1ccccc1)C21CN(C(=O)OC(C)(C)C)CC1CC(C)=O. The van der Waals surface area contributed by atoms with Crippen LogP contribution in [-0.4, -0.2) is 48.3 Å². The molecular weight excluding hydrogens is 404 g/mol. The molecule has 2 aliphatic heterocycles. The van der Waals surface area contributed by atoms with Crippen LogP contribution < -0.4 is 4.74 Å². The zero-order valence-corrected chi connectivity index (χ0v) is 19.3. The van der Waals surface area contributed by atoms with Crippen molar-refractivity contribution in [2.24, 2.45) is 10.9 Å². The number of ketones is 1. The van der Waals surface area contributed by atoms with Gasteiger partial charge in [-0.2, -0.15) is 0 Å². The minimum absolute atomic E-state index is 0.0924. The van der Waals surface area contributed by atoms with E-state index in [-0.39, 0.29) is 17.8 Å². The predicted octanol–water partition coefficient (Wildman–Crippen LogP) is 4.91. The van der Waals surface area contributed by atoms with E-state index in [0.29, 0.717) is 19.5 Å². The number of carbonyl (C=O) groups is 2. The molecule has 2 aromatic rings. The largest absolute Gasteiger partial charge is 0.497 e. The Balaban J connectivity index is 1.86. The number of Topliss-reactive ketones (excluding diaryl/α,β-unsaturated/α-hetero) is 1. The molecule has 0 saturated carbocycles. The van der Waals surface area contributed by atoms with Gasteiger partial charge >= 0.3 is 6.09 Å². The number of nitrogens with zero attached hydrogens (tertiary/aromatic N) is 2. The highest BCUT2D eigenvalue weighted by molar-refractivity contribution is 6.14.